The molecule has 2 unspecified atom stereocenters. The third kappa shape index (κ3) is 11.7. The summed E-state index contributed by atoms with van der Waals surface area (Å²) >= 11 is 0. The Balaban J connectivity index is 2.35. The molecule has 248 valence electrons. The summed E-state index contributed by atoms with van der Waals surface area (Å²) < 4.78 is 11.6. The number of nitrogens with zero attached hydrogens (tertiary/aromatic N) is 3. The Kier molecular flexibility index (Phi) is 16.2. The first-order chi connectivity index (χ1) is 21.1. The van der Waals surface area contributed by atoms with Gasteiger partial charge in [-0.25, -0.2) is 4.79 Å². The van der Waals surface area contributed by atoms with Gasteiger partial charge < -0.3 is 31.2 Å². The van der Waals surface area contributed by atoms with E-state index in [1.165, 1.54) is 4.90 Å². The Bertz CT molecular complexity index is 1030. The summed E-state index contributed by atoms with van der Waals surface area (Å²) in [5.74, 6) is -0.994. The van der Waals surface area contributed by atoms with E-state index in [0.29, 0.717) is 71.4 Å². The number of carbonyl (C=O) groups is 4. The predicted molar refractivity (Wildman–Crippen MR) is 169 cm³/mol. The van der Waals surface area contributed by atoms with Crippen molar-refractivity contribution in [1.82, 2.24) is 20.0 Å². The van der Waals surface area contributed by atoms with Gasteiger partial charge in [-0.3, -0.25) is 24.2 Å². The lowest BCUT2D eigenvalue weighted by molar-refractivity contribution is -0.180. The van der Waals surface area contributed by atoms with Gasteiger partial charge in [-0.15, -0.1) is 0 Å². The van der Waals surface area contributed by atoms with E-state index in [1.54, 1.807) is 18.7 Å². The van der Waals surface area contributed by atoms with Gasteiger partial charge >= 0.3 is 12.1 Å². The number of benzene rings is 1. The standard InChI is InChI=1S/C32H54N6O6/c1-5-36(6-2)27-17-18-28(39)35-26(29(40)37(21-12-19-33)22-13-20-34)16-10-11-23-38(32(3,4)44-30(27)41)31(42)43-24-25-14-8-7-9-15-25/h7-9,14-15,26-27H,5-6,10-13,16-24,33-34H2,1-4H3,(H,35,39). The lowest BCUT2D eigenvalue weighted by atomic mass is 10.0. The van der Waals surface area contributed by atoms with Crippen molar-refractivity contribution >= 4 is 23.9 Å². The smallest absolute Gasteiger partial charge is 0.413 e. The van der Waals surface area contributed by atoms with Crippen LogP contribution in [0, 0.1) is 0 Å². The Morgan fingerprint density at radius 1 is 1.02 bits per heavy atom. The number of carbonyl (C=O) groups excluding carboxylic acids is 4. The van der Waals surface area contributed by atoms with Gasteiger partial charge in [-0.1, -0.05) is 44.2 Å². The molecule has 1 aromatic rings. The molecule has 0 bridgehead atoms. The van der Waals surface area contributed by atoms with Crippen LogP contribution >= 0.6 is 0 Å². The second kappa shape index (κ2) is 19.2. The Hall–Kier alpha value is -3.22. The quantitative estimate of drug-likeness (QED) is 0.299. The number of hydrogen-bond donors (Lipinski definition) is 3. The molecule has 2 rings (SSSR count). The molecule has 44 heavy (non-hydrogen) atoms. The van der Waals surface area contributed by atoms with Gasteiger partial charge in [0.25, 0.3) is 0 Å². The molecule has 12 nitrogen and oxygen atoms in total. The minimum Gasteiger partial charge on any atom is -0.444 e. The number of nitrogens with two attached hydrogens (primary N) is 2. The van der Waals surface area contributed by atoms with Crippen LogP contribution in [0.3, 0.4) is 0 Å². The number of amides is 3. The summed E-state index contributed by atoms with van der Waals surface area (Å²) in [4.78, 5) is 59.0. The van der Waals surface area contributed by atoms with Crippen LogP contribution < -0.4 is 16.8 Å². The number of likely N-dealkylation sites (N-methyl/N-ethyl adjacent to an activating group) is 1. The second-order valence-corrected chi connectivity index (χ2v) is 11.6. The lowest BCUT2D eigenvalue weighted by Crippen LogP contribution is -2.54. The highest BCUT2D eigenvalue weighted by Crippen LogP contribution is 2.23. The molecule has 1 aliphatic heterocycles. The van der Waals surface area contributed by atoms with Gasteiger partial charge in [0.05, 0.1) is 0 Å². The van der Waals surface area contributed by atoms with Gasteiger partial charge in [0, 0.05) is 26.1 Å². The normalized spacial score (nSPS) is 19.9. The van der Waals surface area contributed by atoms with Crippen molar-refractivity contribution < 1.29 is 28.7 Å². The molecule has 0 spiro atoms. The molecule has 1 fully saturated rings. The SMILES string of the molecule is CCN(CC)C1CCC(=O)NC(C(=O)N(CCCN)CCCN)CCCCN(C(=O)OCc2ccccc2)C(C)(C)OC1=O. The van der Waals surface area contributed by atoms with Gasteiger partial charge in [0.15, 0.2) is 5.72 Å². The molecular formula is C32H54N6O6. The molecule has 3 amide bonds. The zero-order valence-electron chi connectivity index (χ0n) is 27.1. The van der Waals surface area contributed by atoms with Crippen molar-refractivity contribution in [3.8, 4) is 0 Å². The third-order valence-corrected chi connectivity index (χ3v) is 7.93. The Morgan fingerprint density at radius 3 is 2.25 bits per heavy atom. The minimum absolute atomic E-state index is 0.0366. The molecule has 0 saturated carbocycles. The van der Waals surface area contributed by atoms with Crippen LogP contribution in [-0.2, 0) is 30.5 Å². The molecule has 1 heterocycles. The predicted octanol–water partition coefficient (Wildman–Crippen LogP) is 2.59. The molecule has 1 aromatic carbocycles. The molecular weight excluding hydrogens is 564 g/mol. The van der Waals surface area contributed by atoms with Gasteiger partial charge in [0.2, 0.25) is 11.8 Å². The number of rotatable bonds is 12. The van der Waals surface area contributed by atoms with Crippen LogP contribution in [-0.4, -0.2) is 102 Å². The van der Waals surface area contributed by atoms with Gasteiger partial charge in [-0.2, -0.15) is 0 Å². The minimum atomic E-state index is -1.32. The molecule has 1 aliphatic rings. The topological polar surface area (TPSA) is 161 Å². The second-order valence-electron chi connectivity index (χ2n) is 11.6. The van der Waals surface area contributed by atoms with Gasteiger partial charge in [0.1, 0.15) is 18.7 Å². The molecule has 0 radical (unpaired) electrons. The Morgan fingerprint density at radius 2 is 1.66 bits per heavy atom. The highest BCUT2D eigenvalue weighted by Gasteiger charge is 2.39. The average molecular weight is 619 g/mol. The van der Waals surface area contributed by atoms with Crippen LogP contribution in [0.4, 0.5) is 4.79 Å². The number of cyclic esters (lactones) is 1. The molecule has 5 N–H and O–H groups in total. The van der Waals surface area contributed by atoms with E-state index in [-0.39, 0.29) is 37.8 Å². The largest absolute Gasteiger partial charge is 0.444 e. The maximum atomic E-state index is 13.7. The molecule has 0 aliphatic carbocycles. The van der Waals surface area contributed by atoms with Gasteiger partial charge in [-0.05, 0) is 84.1 Å². The lowest BCUT2D eigenvalue weighted by Gasteiger charge is -2.39. The van der Waals surface area contributed by atoms with Crippen molar-refractivity contribution in [3.63, 3.8) is 0 Å². The van der Waals surface area contributed by atoms with E-state index in [9.17, 15) is 19.2 Å². The first-order valence-electron chi connectivity index (χ1n) is 16.0. The van der Waals surface area contributed by atoms with Crippen molar-refractivity contribution in [2.24, 2.45) is 11.5 Å². The molecule has 2 atom stereocenters. The first kappa shape index (κ1) is 37.0. The molecule has 1 saturated heterocycles. The van der Waals surface area contributed by atoms with E-state index in [4.69, 9.17) is 20.9 Å². The maximum absolute atomic E-state index is 13.7. The summed E-state index contributed by atoms with van der Waals surface area (Å²) in [7, 11) is 0. The maximum Gasteiger partial charge on any atom is 0.413 e. The van der Waals surface area contributed by atoms with Crippen LogP contribution in [0.15, 0.2) is 30.3 Å². The zero-order chi connectivity index (χ0) is 32.5. The number of esters is 1. The van der Waals surface area contributed by atoms with Crippen molar-refractivity contribution in [3.05, 3.63) is 35.9 Å². The van der Waals surface area contributed by atoms with Crippen molar-refractivity contribution in [1.29, 1.82) is 0 Å². The zero-order valence-corrected chi connectivity index (χ0v) is 27.1. The Labute approximate surface area is 262 Å². The average Bonchev–Trinajstić information content (AvgIpc) is 3.00. The summed E-state index contributed by atoms with van der Waals surface area (Å²) in [5.41, 5.74) is 11.0. The molecule has 0 aromatic heterocycles. The number of ether oxygens (including phenoxy) is 2. The van der Waals surface area contributed by atoms with Crippen LogP contribution in [0.2, 0.25) is 0 Å². The van der Waals surface area contributed by atoms with E-state index < -0.39 is 29.9 Å². The highest BCUT2D eigenvalue weighted by molar-refractivity contribution is 5.88. The first-order valence-corrected chi connectivity index (χ1v) is 16.0. The van der Waals surface area contributed by atoms with Crippen LogP contribution in [0.25, 0.3) is 0 Å². The number of nitrogens with one attached hydrogen (secondary N) is 1. The fraction of sp³-hybridized carbons (Fsp3) is 0.688. The van der Waals surface area contributed by atoms with Crippen LogP contribution in [0.5, 0.6) is 0 Å². The van der Waals surface area contributed by atoms with Crippen molar-refractivity contribution in [2.75, 3.05) is 45.8 Å². The monoisotopic (exact) mass is 618 g/mol. The van der Waals surface area contributed by atoms with E-state index >= 15 is 0 Å². The summed E-state index contributed by atoms with van der Waals surface area (Å²) in [6.45, 7) is 10.5. The van der Waals surface area contributed by atoms with E-state index in [2.05, 4.69) is 5.32 Å². The highest BCUT2D eigenvalue weighted by atomic mass is 16.6. The fourth-order valence-electron chi connectivity index (χ4n) is 5.39. The summed E-state index contributed by atoms with van der Waals surface area (Å²) in [6, 6.07) is 7.90. The third-order valence-electron chi connectivity index (χ3n) is 7.93. The van der Waals surface area contributed by atoms with E-state index in [0.717, 1.165) is 5.56 Å². The van der Waals surface area contributed by atoms with E-state index in [1.807, 2.05) is 49.1 Å². The molecule has 12 heteroatoms. The van der Waals surface area contributed by atoms with Crippen LogP contribution in [0.1, 0.15) is 78.2 Å². The number of hydrogen-bond acceptors (Lipinski definition) is 9. The summed E-state index contributed by atoms with van der Waals surface area (Å²) in [5, 5.41) is 2.93. The fourth-order valence-corrected chi connectivity index (χ4v) is 5.39. The van der Waals surface area contributed by atoms with Crippen molar-refractivity contribution in [2.45, 2.75) is 97.1 Å². The summed E-state index contributed by atoms with van der Waals surface area (Å²) in [6.07, 6.45) is 2.33.